The van der Waals surface area contributed by atoms with E-state index in [4.69, 9.17) is 0 Å². The highest BCUT2D eigenvalue weighted by atomic mass is 33.1. The molecule has 3 fully saturated rings. The van der Waals surface area contributed by atoms with Gasteiger partial charge in [-0.15, -0.1) is 0 Å². The predicted molar refractivity (Wildman–Crippen MR) is 84.6 cm³/mol. The van der Waals surface area contributed by atoms with Gasteiger partial charge in [-0.2, -0.15) is 0 Å². The molecule has 0 spiro atoms. The van der Waals surface area contributed by atoms with E-state index < -0.39 is 9.84 Å². The van der Waals surface area contributed by atoms with Crippen LogP contribution < -0.4 is 0 Å². The number of likely N-dealkylation sites (tertiary alicyclic amines) is 1. The molecule has 0 saturated carbocycles. The molecule has 1 amide bonds. The molecular formula is C13H21NO3S3. The number of rotatable bonds is 5. The van der Waals surface area contributed by atoms with E-state index in [-0.39, 0.29) is 23.0 Å². The van der Waals surface area contributed by atoms with Gasteiger partial charge in [-0.25, -0.2) is 8.42 Å². The molecule has 0 aromatic carbocycles. The van der Waals surface area contributed by atoms with Crippen LogP contribution in [0.3, 0.4) is 0 Å². The van der Waals surface area contributed by atoms with E-state index in [2.05, 4.69) is 0 Å². The van der Waals surface area contributed by atoms with E-state index in [1.165, 1.54) is 18.6 Å². The molecule has 3 rings (SSSR count). The van der Waals surface area contributed by atoms with Gasteiger partial charge in [0, 0.05) is 30.0 Å². The smallest absolute Gasteiger partial charge is 0.222 e. The van der Waals surface area contributed by atoms with Crippen LogP contribution in [0.2, 0.25) is 0 Å². The maximum atomic E-state index is 12.2. The Hall–Kier alpha value is 0.120. The van der Waals surface area contributed by atoms with Crippen molar-refractivity contribution in [1.82, 2.24) is 4.90 Å². The first kappa shape index (κ1) is 15.0. The van der Waals surface area contributed by atoms with E-state index in [0.717, 1.165) is 18.1 Å². The van der Waals surface area contributed by atoms with Gasteiger partial charge in [-0.1, -0.05) is 28.0 Å². The molecule has 0 aliphatic carbocycles. The van der Waals surface area contributed by atoms with Gasteiger partial charge >= 0.3 is 0 Å². The first-order chi connectivity index (χ1) is 9.56. The molecular weight excluding hydrogens is 314 g/mol. The third kappa shape index (κ3) is 3.14. The zero-order valence-corrected chi connectivity index (χ0v) is 13.9. The highest BCUT2D eigenvalue weighted by molar-refractivity contribution is 8.77. The van der Waals surface area contributed by atoms with Gasteiger partial charge in [0.2, 0.25) is 5.91 Å². The molecule has 114 valence electrons. The Bertz CT molecular complexity index is 473. The maximum absolute atomic E-state index is 12.2. The first-order valence-corrected chi connectivity index (χ1v) is 11.5. The van der Waals surface area contributed by atoms with E-state index in [1.807, 2.05) is 26.5 Å². The lowest BCUT2D eigenvalue weighted by Crippen LogP contribution is -2.43. The molecule has 3 heterocycles. The second-order valence-electron chi connectivity index (χ2n) is 5.96. The SMILES string of the molecule is O=C(CCCC[C@@H]1CCSS1)N1C[C@H]2C[C@H]1CS2(=O)=O. The minimum atomic E-state index is -2.89. The van der Waals surface area contributed by atoms with E-state index in [1.54, 1.807) is 0 Å². The maximum Gasteiger partial charge on any atom is 0.222 e. The summed E-state index contributed by atoms with van der Waals surface area (Å²) in [5.74, 6) is 1.62. The van der Waals surface area contributed by atoms with Crippen LogP contribution in [-0.4, -0.2) is 53.8 Å². The molecule has 3 atom stereocenters. The molecule has 20 heavy (non-hydrogen) atoms. The van der Waals surface area contributed by atoms with Crippen LogP contribution in [0.5, 0.6) is 0 Å². The first-order valence-electron chi connectivity index (χ1n) is 7.35. The summed E-state index contributed by atoms with van der Waals surface area (Å²) in [6, 6.07) is -0.0284. The van der Waals surface area contributed by atoms with Crippen molar-refractivity contribution in [3.8, 4) is 0 Å². The van der Waals surface area contributed by atoms with Gasteiger partial charge in [-0.05, 0) is 25.7 Å². The van der Waals surface area contributed by atoms with Crippen molar-refractivity contribution in [3.63, 3.8) is 0 Å². The summed E-state index contributed by atoms with van der Waals surface area (Å²) in [4.78, 5) is 14.0. The summed E-state index contributed by atoms with van der Waals surface area (Å²) in [5, 5.41) is 0.506. The number of fused-ring (bicyclic) bond motifs is 2. The second kappa shape index (κ2) is 6.08. The Morgan fingerprint density at radius 2 is 2.15 bits per heavy atom. The van der Waals surface area contributed by atoms with E-state index >= 15 is 0 Å². The topological polar surface area (TPSA) is 54.5 Å². The Labute approximate surface area is 128 Å². The zero-order chi connectivity index (χ0) is 14.2. The average Bonchev–Trinajstić information content (AvgIpc) is 3.07. The number of carbonyl (C=O) groups is 1. The van der Waals surface area contributed by atoms with Crippen LogP contribution in [0.25, 0.3) is 0 Å². The Morgan fingerprint density at radius 3 is 2.75 bits per heavy atom. The van der Waals surface area contributed by atoms with Crippen LogP contribution in [0.15, 0.2) is 0 Å². The van der Waals surface area contributed by atoms with E-state index in [9.17, 15) is 13.2 Å². The quantitative estimate of drug-likeness (QED) is 0.569. The van der Waals surface area contributed by atoms with Crippen LogP contribution in [0.1, 0.15) is 38.5 Å². The van der Waals surface area contributed by atoms with Crippen molar-refractivity contribution in [2.75, 3.05) is 18.1 Å². The van der Waals surface area contributed by atoms with Gasteiger partial charge < -0.3 is 4.90 Å². The number of nitrogens with zero attached hydrogens (tertiary/aromatic N) is 1. The van der Waals surface area contributed by atoms with Gasteiger partial charge in [0.15, 0.2) is 9.84 Å². The zero-order valence-electron chi connectivity index (χ0n) is 11.5. The molecule has 0 N–H and O–H groups in total. The Morgan fingerprint density at radius 1 is 1.30 bits per heavy atom. The highest BCUT2D eigenvalue weighted by Gasteiger charge is 2.49. The number of unbranched alkanes of at least 4 members (excludes halogenated alkanes) is 1. The average molecular weight is 336 g/mol. The summed E-state index contributed by atoms with van der Waals surface area (Å²) in [6.07, 6.45) is 5.84. The molecule has 0 aromatic heterocycles. The van der Waals surface area contributed by atoms with Gasteiger partial charge in [-0.3, -0.25) is 4.79 Å². The highest BCUT2D eigenvalue weighted by Crippen LogP contribution is 2.40. The molecule has 0 aromatic rings. The monoisotopic (exact) mass is 335 g/mol. The number of sulfone groups is 1. The molecule has 3 aliphatic heterocycles. The molecule has 3 saturated heterocycles. The third-order valence-electron chi connectivity index (χ3n) is 4.52. The molecule has 7 heteroatoms. The minimum Gasteiger partial charge on any atom is -0.337 e. The Balaban J connectivity index is 1.38. The van der Waals surface area contributed by atoms with Crippen molar-refractivity contribution in [2.45, 2.75) is 55.1 Å². The van der Waals surface area contributed by atoms with Crippen LogP contribution >= 0.6 is 21.6 Å². The standard InChI is InChI=1S/C13H21NO3S3/c15-13(4-2-1-3-11-5-6-18-19-11)14-8-12-7-10(14)9-20(12,16)17/h10-12H,1-9H2/t10-,11+,12+/m0/s1. The van der Waals surface area contributed by atoms with Crippen LogP contribution in [0, 0.1) is 0 Å². The number of carbonyl (C=O) groups excluding carboxylic acids is 1. The number of amides is 1. The van der Waals surface area contributed by atoms with Crippen LogP contribution in [0.4, 0.5) is 0 Å². The van der Waals surface area contributed by atoms with Crippen molar-refractivity contribution in [3.05, 3.63) is 0 Å². The summed E-state index contributed by atoms with van der Waals surface area (Å²) in [6.45, 7) is 0.445. The van der Waals surface area contributed by atoms with Crippen molar-refractivity contribution in [1.29, 1.82) is 0 Å². The Kier molecular flexibility index (Phi) is 4.57. The summed E-state index contributed by atoms with van der Waals surface area (Å²) < 4.78 is 23.3. The molecule has 0 radical (unpaired) electrons. The fraction of sp³-hybridized carbons (Fsp3) is 0.923. The fourth-order valence-electron chi connectivity index (χ4n) is 3.36. The summed E-state index contributed by atoms with van der Waals surface area (Å²) in [5.41, 5.74) is 0. The van der Waals surface area contributed by atoms with Gasteiger partial charge in [0.05, 0.1) is 11.0 Å². The minimum absolute atomic E-state index is 0.0284. The van der Waals surface area contributed by atoms with E-state index in [0.29, 0.717) is 19.4 Å². The van der Waals surface area contributed by atoms with Crippen molar-refractivity contribution in [2.24, 2.45) is 0 Å². The third-order valence-corrected chi connectivity index (χ3v) is 9.74. The molecule has 2 bridgehead atoms. The second-order valence-corrected chi connectivity index (χ2v) is 11.1. The fourth-order valence-corrected chi connectivity index (χ4v) is 8.41. The van der Waals surface area contributed by atoms with Crippen molar-refractivity contribution >= 4 is 37.3 Å². The van der Waals surface area contributed by atoms with Gasteiger partial charge in [0.1, 0.15) is 0 Å². The largest absolute Gasteiger partial charge is 0.337 e. The predicted octanol–water partition coefficient (Wildman–Crippen LogP) is 2.10. The number of hydrogen-bond donors (Lipinski definition) is 0. The summed E-state index contributed by atoms with van der Waals surface area (Å²) in [7, 11) is 1.06. The summed E-state index contributed by atoms with van der Waals surface area (Å²) >= 11 is 0. The number of hydrogen-bond acceptors (Lipinski definition) is 5. The molecule has 4 nitrogen and oxygen atoms in total. The van der Waals surface area contributed by atoms with Crippen molar-refractivity contribution < 1.29 is 13.2 Å². The van der Waals surface area contributed by atoms with Crippen LogP contribution in [-0.2, 0) is 14.6 Å². The lowest BCUT2D eigenvalue weighted by Gasteiger charge is -2.27. The lowest BCUT2D eigenvalue weighted by atomic mass is 10.1. The lowest BCUT2D eigenvalue weighted by molar-refractivity contribution is -0.131. The normalized spacial score (nSPS) is 34.8. The molecule has 0 unspecified atom stereocenters. The van der Waals surface area contributed by atoms with Gasteiger partial charge in [0.25, 0.3) is 0 Å². The molecule has 3 aliphatic rings.